The summed E-state index contributed by atoms with van der Waals surface area (Å²) in [5.74, 6) is -1.95. The lowest BCUT2D eigenvalue weighted by Crippen LogP contribution is -2.56. The third-order valence-electron chi connectivity index (χ3n) is 5.49. The van der Waals surface area contributed by atoms with Gasteiger partial charge in [0.2, 0.25) is 27.7 Å². The molecule has 2 saturated heterocycles. The average Bonchev–Trinajstić information content (AvgIpc) is 3.12. The smallest absolute Gasteiger partial charge is 0.250 e. The fourth-order valence-electron chi connectivity index (χ4n) is 3.81. The molecule has 1 aromatic rings. The average molecular weight is 439 g/mol. The first-order valence-corrected chi connectivity index (χ1v) is 11.3. The largest absolute Gasteiger partial charge is 0.393 e. The van der Waals surface area contributed by atoms with Gasteiger partial charge in [0, 0.05) is 31.7 Å². The van der Waals surface area contributed by atoms with E-state index in [0.717, 1.165) is 0 Å². The second-order valence-electron chi connectivity index (χ2n) is 7.56. The number of aliphatic hydroxyl groups excluding tert-OH is 1. The van der Waals surface area contributed by atoms with Gasteiger partial charge in [0.15, 0.2) is 6.04 Å². The number of hydrogen-bond acceptors (Lipinski definition) is 6. The van der Waals surface area contributed by atoms with E-state index in [9.17, 15) is 27.9 Å². The van der Waals surface area contributed by atoms with Gasteiger partial charge in [0.05, 0.1) is 11.0 Å². The van der Waals surface area contributed by atoms with Gasteiger partial charge in [-0.15, -0.1) is 0 Å². The van der Waals surface area contributed by atoms with Crippen molar-refractivity contribution in [3.8, 4) is 0 Å². The number of likely N-dealkylation sites (tertiary alicyclic amines) is 1. The number of amides is 3. The Morgan fingerprint density at radius 1 is 1.23 bits per heavy atom. The van der Waals surface area contributed by atoms with Gasteiger partial charge in [0.1, 0.15) is 0 Å². The Morgan fingerprint density at radius 3 is 2.47 bits per heavy atom. The zero-order chi connectivity index (χ0) is 22.1. The minimum atomic E-state index is -4.28. The van der Waals surface area contributed by atoms with Crippen molar-refractivity contribution in [1.82, 2.24) is 9.62 Å². The van der Waals surface area contributed by atoms with Crippen LogP contribution in [0.25, 0.3) is 0 Å². The highest BCUT2D eigenvalue weighted by Gasteiger charge is 2.36. The van der Waals surface area contributed by atoms with E-state index in [-0.39, 0.29) is 23.9 Å². The van der Waals surface area contributed by atoms with Gasteiger partial charge in [-0.3, -0.25) is 14.4 Å². The molecule has 0 spiro atoms. The number of nitrogens with zero attached hydrogens (tertiary/aromatic N) is 2. The Kier molecular flexibility index (Phi) is 6.44. The summed E-state index contributed by atoms with van der Waals surface area (Å²) in [5, 5.41) is 9.59. The van der Waals surface area contributed by atoms with Crippen molar-refractivity contribution in [2.75, 3.05) is 24.5 Å². The van der Waals surface area contributed by atoms with E-state index < -0.39 is 34.0 Å². The molecule has 10 nitrogen and oxygen atoms in total. The maximum Gasteiger partial charge on any atom is 0.250 e. The number of primary amides is 1. The predicted molar refractivity (Wildman–Crippen MR) is 108 cm³/mol. The van der Waals surface area contributed by atoms with Crippen LogP contribution in [-0.4, -0.2) is 67.9 Å². The fourth-order valence-corrected chi connectivity index (χ4v) is 5.23. The molecule has 0 radical (unpaired) electrons. The lowest BCUT2D eigenvalue weighted by molar-refractivity contribution is -0.139. The number of anilines is 1. The summed E-state index contributed by atoms with van der Waals surface area (Å²) in [6.45, 7) is 2.48. The first-order valence-electron chi connectivity index (χ1n) is 9.80. The molecule has 1 aromatic carbocycles. The second kappa shape index (κ2) is 8.70. The molecule has 3 rings (SSSR count). The van der Waals surface area contributed by atoms with Crippen LogP contribution in [0.5, 0.6) is 0 Å². The molecule has 2 heterocycles. The van der Waals surface area contributed by atoms with Crippen molar-refractivity contribution in [2.24, 2.45) is 5.73 Å². The van der Waals surface area contributed by atoms with Crippen molar-refractivity contribution in [2.45, 2.75) is 49.6 Å². The first-order chi connectivity index (χ1) is 14.1. The standard InChI is InChI=1S/C19H26N4O6S/c1-12-14(23-9-3-6-16(23)25)4-2-5-15(12)30(28,29)21-17(18(20)26)19(27)22-10-7-13(24)8-11-22/h2,4-5,13,17,21,24H,3,6-11H2,1H3,(H2,20,26)/t17-/m0/s1. The van der Waals surface area contributed by atoms with Crippen LogP contribution in [0.3, 0.4) is 0 Å². The molecule has 3 amide bonds. The minimum absolute atomic E-state index is 0.0851. The molecule has 0 aromatic heterocycles. The Labute approximate surface area is 175 Å². The molecule has 0 aliphatic carbocycles. The van der Waals surface area contributed by atoms with E-state index in [1.54, 1.807) is 13.0 Å². The molecule has 0 saturated carbocycles. The zero-order valence-electron chi connectivity index (χ0n) is 16.7. The quantitative estimate of drug-likeness (QED) is 0.497. The molecule has 0 unspecified atom stereocenters. The first kappa shape index (κ1) is 22.2. The molecule has 2 aliphatic rings. The summed E-state index contributed by atoms with van der Waals surface area (Å²) >= 11 is 0. The fraction of sp³-hybridized carbons (Fsp3) is 0.526. The summed E-state index contributed by atoms with van der Waals surface area (Å²) in [4.78, 5) is 39.4. The van der Waals surface area contributed by atoms with E-state index in [0.29, 0.717) is 43.5 Å². The topological polar surface area (TPSA) is 150 Å². The number of aliphatic hydroxyl groups is 1. The third kappa shape index (κ3) is 4.47. The summed E-state index contributed by atoms with van der Waals surface area (Å²) in [6.07, 6.45) is 1.24. The van der Waals surface area contributed by atoms with Crippen molar-refractivity contribution >= 4 is 33.4 Å². The van der Waals surface area contributed by atoms with Crippen LogP contribution < -0.4 is 15.4 Å². The van der Waals surface area contributed by atoms with E-state index in [1.165, 1.54) is 21.9 Å². The van der Waals surface area contributed by atoms with Gasteiger partial charge in [-0.25, -0.2) is 8.42 Å². The Balaban J connectivity index is 1.86. The minimum Gasteiger partial charge on any atom is -0.393 e. The zero-order valence-corrected chi connectivity index (χ0v) is 17.5. The maximum atomic E-state index is 13.0. The van der Waals surface area contributed by atoms with Gasteiger partial charge < -0.3 is 20.6 Å². The summed E-state index contributed by atoms with van der Waals surface area (Å²) in [5.41, 5.74) is 6.15. The molecule has 0 bridgehead atoms. The van der Waals surface area contributed by atoms with E-state index >= 15 is 0 Å². The molecular formula is C19H26N4O6S. The van der Waals surface area contributed by atoms with Crippen molar-refractivity contribution < 1.29 is 27.9 Å². The van der Waals surface area contributed by atoms with Gasteiger partial charge in [-0.05, 0) is 43.9 Å². The number of nitrogens with one attached hydrogen (secondary N) is 1. The number of piperidine rings is 1. The van der Waals surface area contributed by atoms with Crippen LogP contribution in [0.4, 0.5) is 5.69 Å². The number of nitrogens with two attached hydrogens (primary N) is 1. The van der Waals surface area contributed by atoms with Gasteiger partial charge >= 0.3 is 0 Å². The van der Waals surface area contributed by atoms with E-state index in [1.807, 2.05) is 0 Å². The lowest BCUT2D eigenvalue weighted by Gasteiger charge is -2.31. The molecule has 2 aliphatic heterocycles. The highest BCUT2D eigenvalue weighted by molar-refractivity contribution is 7.89. The van der Waals surface area contributed by atoms with Crippen LogP contribution in [0.15, 0.2) is 23.1 Å². The molecule has 30 heavy (non-hydrogen) atoms. The third-order valence-corrected chi connectivity index (χ3v) is 7.06. The lowest BCUT2D eigenvalue weighted by atomic mass is 10.1. The SMILES string of the molecule is Cc1c(N2CCCC2=O)cccc1S(=O)(=O)N[C@@H](C(N)=O)C(=O)N1CCC(O)CC1. The molecule has 11 heteroatoms. The van der Waals surface area contributed by atoms with Crippen molar-refractivity contribution in [3.63, 3.8) is 0 Å². The van der Waals surface area contributed by atoms with E-state index in [2.05, 4.69) is 4.72 Å². The van der Waals surface area contributed by atoms with Gasteiger partial charge in [-0.2, -0.15) is 4.72 Å². The highest BCUT2D eigenvalue weighted by Crippen LogP contribution is 2.29. The molecule has 1 atom stereocenters. The normalized spacial score (nSPS) is 19.2. The molecule has 2 fully saturated rings. The van der Waals surface area contributed by atoms with Crippen molar-refractivity contribution in [1.29, 1.82) is 0 Å². The molecule has 4 N–H and O–H groups in total. The Morgan fingerprint density at radius 2 is 1.90 bits per heavy atom. The summed E-state index contributed by atoms with van der Waals surface area (Å²) in [7, 11) is -4.28. The van der Waals surface area contributed by atoms with Crippen LogP contribution >= 0.6 is 0 Å². The second-order valence-corrected chi connectivity index (χ2v) is 9.24. The number of carbonyl (C=O) groups is 3. The van der Waals surface area contributed by atoms with Crippen LogP contribution in [0, 0.1) is 6.92 Å². The number of benzene rings is 1. The van der Waals surface area contributed by atoms with Crippen molar-refractivity contribution in [3.05, 3.63) is 23.8 Å². The number of carbonyl (C=O) groups excluding carboxylic acids is 3. The van der Waals surface area contributed by atoms with Crippen LogP contribution in [0.1, 0.15) is 31.2 Å². The van der Waals surface area contributed by atoms with E-state index in [4.69, 9.17) is 5.73 Å². The van der Waals surface area contributed by atoms with Crippen LogP contribution in [-0.2, 0) is 24.4 Å². The highest BCUT2D eigenvalue weighted by atomic mass is 32.2. The molecular weight excluding hydrogens is 412 g/mol. The molecule has 164 valence electrons. The summed E-state index contributed by atoms with van der Waals surface area (Å²) in [6, 6.07) is 2.76. The number of rotatable bonds is 6. The Hall–Kier alpha value is -2.50. The number of hydrogen-bond donors (Lipinski definition) is 3. The number of sulfonamides is 1. The van der Waals surface area contributed by atoms with Gasteiger partial charge in [-0.1, -0.05) is 6.07 Å². The monoisotopic (exact) mass is 438 g/mol. The van der Waals surface area contributed by atoms with Gasteiger partial charge in [0.25, 0.3) is 0 Å². The summed E-state index contributed by atoms with van der Waals surface area (Å²) < 4.78 is 28.2. The maximum absolute atomic E-state index is 13.0. The Bertz CT molecular complexity index is 956. The predicted octanol–water partition coefficient (Wildman–Crippen LogP) is -0.763. The van der Waals surface area contributed by atoms with Crippen LogP contribution in [0.2, 0.25) is 0 Å².